The summed E-state index contributed by atoms with van der Waals surface area (Å²) >= 11 is 0. The van der Waals surface area contributed by atoms with E-state index < -0.39 is 0 Å². The van der Waals surface area contributed by atoms with Crippen molar-refractivity contribution in [2.45, 2.75) is 20.3 Å². The summed E-state index contributed by atoms with van der Waals surface area (Å²) < 4.78 is 2.26. The zero-order chi connectivity index (χ0) is 16.6. The van der Waals surface area contributed by atoms with E-state index in [4.69, 9.17) is 0 Å². The van der Waals surface area contributed by atoms with Gasteiger partial charge in [-0.1, -0.05) is 17.2 Å². The third-order valence-corrected chi connectivity index (χ3v) is 4.58. The first-order valence-electron chi connectivity index (χ1n) is 8.11. The molecule has 0 saturated heterocycles. The van der Waals surface area contributed by atoms with Crippen molar-refractivity contribution >= 4 is 22.7 Å². The van der Waals surface area contributed by atoms with Crippen LogP contribution in [0.25, 0.3) is 17.0 Å². The number of benzene rings is 1. The van der Waals surface area contributed by atoms with Gasteiger partial charge >= 0.3 is 0 Å². The van der Waals surface area contributed by atoms with E-state index in [9.17, 15) is 0 Å². The Morgan fingerprint density at radius 1 is 1.04 bits per heavy atom. The Kier molecular flexibility index (Phi) is 4.08. The Morgan fingerprint density at radius 2 is 1.83 bits per heavy atom. The molecule has 118 valence electrons. The summed E-state index contributed by atoms with van der Waals surface area (Å²) in [5, 5.41) is 1.27. The molecule has 2 aromatic rings. The van der Waals surface area contributed by atoms with E-state index in [1.54, 1.807) is 0 Å². The van der Waals surface area contributed by atoms with Crippen molar-refractivity contribution < 1.29 is 4.57 Å². The van der Waals surface area contributed by atoms with Crippen LogP contribution in [0.15, 0.2) is 59.2 Å². The summed E-state index contributed by atoms with van der Waals surface area (Å²) in [5.74, 6) is 0. The average molecular weight is 305 g/mol. The van der Waals surface area contributed by atoms with Gasteiger partial charge in [-0.05, 0) is 50.1 Å². The maximum atomic E-state index is 2.29. The number of allylic oxidation sites excluding steroid dienone is 5. The second-order valence-electron chi connectivity index (χ2n) is 6.69. The molecule has 3 rings (SSSR count). The van der Waals surface area contributed by atoms with E-state index in [0.29, 0.717) is 0 Å². The molecule has 0 bridgehead atoms. The van der Waals surface area contributed by atoms with Crippen molar-refractivity contribution in [3.05, 3.63) is 64.9 Å². The second kappa shape index (κ2) is 6.04. The number of anilines is 1. The molecule has 0 amide bonds. The number of hydrogen-bond donors (Lipinski definition) is 0. The lowest BCUT2D eigenvalue weighted by Crippen LogP contribution is -2.32. The molecule has 2 nitrogen and oxygen atoms in total. The molecule has 0 fully saturated rings. The fourth-order valence-corrected chi connectivity index (χ4v) is 3.18. The number of rotatable bonds is 3. The van der Waals surface area contributed by atoms with E-state index in [1.807, 2.05) is 0 Å². The highest BCUT2D eigenvalue weighted by Crippen LogP contribution is 2.26. The van der Waals surface area contributed by atoms with Crippen LogP contribution in [0.3, 0.4) is 0 Å². The second-order valence-corrected chi connectivity index (χ2v) is 6.69. The van der Waals surface area contributed by atoms with Crippen LogP contribution in [0, 0.1) is 0 Å². The molecule has 1 aromatic heterocycles. The van der Waals surface area contributed by atoms with Gasteiger partial charge in [0.15, 0.2) is 0 Å². The molecular weight excluding hydrogens is 280 g/mol. The maximum absolute atomic E-state index is 2.29. The number of nitrogens with zero attached hydrogens (tertiary/aromatic N) is 2. The molecule has 1 heterocycles. The first-order chi connectivity index (χ1) is 11.0. The lowest BCUT2D eigenvalue weighted by atomic mass is 10.1. The molecule has 2 heteroatoms. The van der Waals surface area contributed by atoms with Crippen molar-refractivity contribution in [3.63, 3.8) is 0 Å². The highest BCUT2D eigenvalue weighted by molar-refractivity contribution is 5.80. The lowest BCUT2D eigenvalue weighted by molar-refractivity contribution is -0.646. The van der Waals surface area contributed by atoms with Gasteiger partial charge in [0.2, 0.25) is 11.2 Å². The quantitative estimate of drug-likeness (QED) is 0.762. The van der Waals surface area contributed by atoms with Crippen LogP contribution in [-0.2, 0) is 7.05 Å². The van der Waals surface area contributed by atoms with Gasteiger partial charge in [0.25, 0.3) is 0 Å². The zero-order valence-corrected chi connectivity index (χ0v) is 14.7. The van der Waals surface area contributed by atoms with E-state index in [1.165, 1.54) is 39.0 Å². The summed E-state index contributed by atoms with van der Waals surface area (Å²) in [5.41, 5.74) is 7.95. The summed E-state index contributed by atoms with van der Waals surface area (Å²) in [4.78, 5) is 2.14. The van der Waals surface area contributed by atoms with Crippen LogP contribution in [0.2, 0.25) is 0 Å². The van der Waals surface area contributed by atoms with Gasteiger partial charge < -0.3 is 4.90 Å². The standard InChI is InChI=1S/C21H25N2/c1-15-12-16(2)17(13-15)6-8-19-9-7-18-14-20(22(3)4)10-11-21(18)23(19)5/h6-11,13-14H,12H2,1-5H3/q+1/b8-6+. The molecule has 0 spiro atoms. The van der Waals surface area contributed by atoms with Crippen molar-refractivity contribution in [2.24, 2.45) is 7.05 Å². The molecular formula is C21H25N2+. The molecule has 1 aromatic carbocycles. The van der Waals surface area contributed by atoms with E-state index >= 15 is 0 Å². The Morgan fingerprint density at radius 3 is 2.48 bits per heavy atom. The smallest absolute Gasteiger partial charge is 0.212 e. The van der Waals surface area contributed by atoms with Crippen molar-refractivity contribution in [3.8, 4) is 0 Å². The minimum absolute atomic E-state index is 1.11. The van der Waals surface area contributed by atoms with Gasteiger partial charge in [0, 0.05) is 43.4 Å². The predicted octanol–water partition coefficient (Wildman–Crippen LogP) is 4.41. The summed E-state index contributed by atoms with van der Waals surface area (Å²) in [7, 11) is 6.28. The summed E-state index contributed by atoms with van der Waals surface area (Å²) in [6.45, 7) is 4.42. The van der Waals surface area contributed by atoms with Crippen LogP contribution in [0.5, 0.6) is 0 Å². The summed E-state index contributed by atoms with van der Waals surface area (Å²) in [6.07, 6.45) is 7.85. The molecule has 1 aliphatic rings. The van der Waals surface area contributed by atoms with Crippen LogP contribution in [0.4, 0.5) is 5.69 Å². The molecule has 23 heavy (non-hydrogen) atoms. The van der Waals surface area contributed by atoms with Crippen LogP contribution in [-0.4, -0.2) is 14.1 Å². The van der Waals surface area contributed by atoms with Gasteiger partial charge in [-0.15, -0.1) is 0 Å². The minimum atomic E-state index is 1.11. The van der Waals surface area contributed by atoms with E-state index in [2.05, 4.69) is 93.0 Å². The monoisotopic (exact) mass is 305 g/mol. The Labute approximate surface area is 139 Å². The largest absolute Gasteiger partial charge is 0.378 e. The van der Waals surface area contributed by atoms with E-state index in [0.717, 1.165) is 6.42 Å². The van der Waals surface area contributed by atoms with Gasteiger partial charge in [0.05, 0.1) is 0 Å². The van der Waals surface area contributed by atoms with Crippen molar-refractivity contribution in [1.29, 1.82) is 0 Å². The Hall–Kier alpha value is -2.35. The van der Waals surface area contributed by atoms with E-state index in [-0.39, 0.29) is 0 Å². The minimum Gasteiger partial charge on any atom is -0.378 e. The van der Waals surface area contributed by atoms with Crippen LogP contribution >= 0.6 is 0 Å². The van der Waals surface area contributed by atoms with Crippen LogP contribution < -0.4 is 9.47 Å². The third kappa shape index (κ3) is 3.07. The van der Waals surface area contributed by atoms with Gasteiger partial charge in [-0.3, -0.25) is 0 Å². The molecule has 1 aliphatic carbocycles. The number of hydrogen-bond acceptors (Lipinski definition) is 1. The number of pyridine rings is 1. The molecule has 0 atom stereocenters. The number of fused-ring (bicyclic) bond motifs is 1. The third-order valence-electron chi connectivity index (χ3n) is 4.58. The highest BCUT2D eigenvalue weighted by atomic mass is 15.1. The summed E-state index contributed by atoms with van der Waals surface area (Å²) in [6, 6.07) is 11.0. The Bertz CT molecular complexity index is 852. The van der Waals surface area contributed by atoms with Crippen molar-refractivity contribution in [1.82, 2.24) is 0 Å². The lowest BCUT2D eigenvalue weighted by Gasteiger charge is -2.12. The molecule has 0 aliphatic heterocycles. The first kappa shape index (κ1) is 15.5. The Balaban J connectivity index is 1.98. The molecule has 0 saturated carbocycles. The SMILES string of the molecule is CC1=CC(/C=C/c2ccc3cc(N(C)C)ccc3[n+]2C)=C(C)C1. The fourth-order valence-electron chi connectivity index (χ4n) is 3.18. The normalized spacial score (nSPS) is 14.9. The van der Waals surface area contributed by atoms with Gasteiger partial charge in [-0.25, -0.2) is 0 Å². The van der Waals surface area contributed by atoms with Gasteiger partial charge in [0.1, 0.15) is 7.05 Å². The predicted molar refractivity (Wildman–Crippen MR) is 99.6 cm³/mol. The average Bonchev–Trinajstić information content (AvgIpc) is 2.84. The topological polar surface area (TPSA) is 7.12 Å². The molecule has 0 radical (unpaired) electrons. The van der Waals surface area contributed by atoms with Crippen LogP contribution in [0.1, 0.15) is 26.0 Å². The van der Waals surface area contributed by atoms with Gasteiger partial charge in [-0.2, -0.15) is 4.57 Å². The number of aryl methyl sites for hydroxylation is 1. The zero-order valence-electron chi connectivity index (χ0n) is 14.7. The molecule has 0 N–H and O–H groups in total. The van der Waals surface area contributed by atoms with Crippen molar-refractivity contribution in [2.75, 3.05) is 19.0 Å². The maximum Gasteiger partial charge on any atom is 0.212 e. The number of aromatic nitrogens is 1. The highest BCUT2D eigenvalue weighted by Gasteiger charge is 2.11. The fraction of sp³-hybridized carbons (Fsp3) is 0.286. The molecule has 0 unspecified atom stereocenters. The first-order valence-corrected chi connectivity index (χ1v) is 8.11.